The van der Waals surface area contributed by atoms with E-state index >= 15 is 0 Å². The van der Waals surface area contributed by atoms with Crippen LogP contribution in [-0.2, 0) is 0 Å². The Hall–Kier alpha value is -2.90. The topological polar surface area (TPSA) is 62.5 Å². The molecule has 0 radical (unpaired) electrons. The van der Waals surface area contributed by atoms with Gasteiger partial charge in [-0.1, -0.05) is 6.07 Å². The Labute approximate surface area is 182 Å². The fourth-order valence-electron chi connectivity index (χ4n) is 4.31. The summed E-state index contributed by atoms with van der Waals surface area (Å²) in [4.78, 5) is 6.63. The van der Waals surface area contributed by atoms with E-state index in [0.717, 1.165) is 28.5 Å². The van der Waals surface area contributed by atoms with Crippen LogP contribution in [0, 0.1) is 13.8 Å². The smallest absolute Gasteiger partial charge is 0.170 e. The van der Waals surface area contributed by atoms with Crippen LogP contribution in [0.25, 0.3) is 5.69 Å². The number of hydrogen-bond acceptors (Lipinski definition) is 4. The number of rotatable bonds is 6. The fourth-order valence-corrected chi connectivity index (χ4v) is 4.64. The molecular weight excluding hydrogens is 396 g/mol. The van der Waals surface area contributed by atoms with Gasteiger partial charge in [0.15, 0.2) is 5.11 Å². The minimum atomic E-state index is -0.0879. The molecule has 0 aliphatic carbocycles. The largest absolute Gasteiger partial charge is 0.497 e. The molecule has 1 aromatic carbocycles. The van der Waals surface area contributed by atoms with Crippen LogP contribution in [-0.4, -0.2) is 44.9 Å². The Bertz CT molecular complexity index is 1030. The lowest BCUT2D eigenvalue weighted by molar-refractivity contribution is 0.223. The van der Waals surface area contributed by atoms with Crippen molar-refractivity contribution in [1.29, 1.82) is 0 Å². The molecule has 1 fully saturated rings. The molecule has 156 valence electrons. The zero-order valence-corrected chi connectivity index (χ0v) is 18.2. The number of aliphatic hydroxyl groups is 1. The summed E-state index contributed by atoms with van der Waals surface area (Å²) in [5, 5.41) is 13.7. The predicted molar refractivity (Wildman–Crippen MR) is 121 cm³/mol. The molecule has 0 spiro atoms. The number of benzene rings is 1. The molecule has 2 aromatic heterocycles. The molecule has 0 bridgehead atoms. The Morgan fingerprint density at radius 1 is 1.17 bits per heavy atom. The minimum absolute atomic E-state index is 0.0322. The van der Waals surface area contributed by atoms with Gasteiger partial charge in [-0.3, -0.25) is 4.98 Å². The first-order chi connectivity index (χ1) is 14.5. The van der Waals surface area contributed by atoms with Gasteiger partial charge >= 0.3 is 0 Å². The number of nitrogens with one attached hydrogen (secondary N) is 1. The van der Waals surface area contributed by atoms with Gasteiger partial charge in [0, 0.05) is 29.8 Å². The number of thiocarbonyl (C=S) groups is 1. The van der Waals surface area contributed by atoms with Crippen molar-refractivity contribution in [2.45, 2.75) is 25.9 Å². The average molecular weight is 423 g/mol. The van der Waals surface area contributed by atoms with Crippen molar-refractivity contribution in [1.82, 2.24) is 19.8 Å². The molecule has 3 aromatic rings. The van der Waals surface area contributed by atoms with E-state index in [4.69, 9.17) is 17.0 Å². The summed E-state index contributed by atoms with van der Waals surface area (Å²) in [6.45, 7) is 4.73. The van der Waals surface area contributed by atoms with E-state index < -0.39 is 0 Å². The molecule has 0 unspecified atom stereocenters. The van der Waals surface area contributed by atoms with Crippen molar-refractivity contribution >= 4 is 17.3 Å². The number of ether oxygens (including phenoxy) is 1. The second-order valence-electron chi connectivity index (χ2n) is 7.40. The van der Waals surface area contributed by atoms with Crippen LogP contribution in [0.3, 0.4) is 0 Å². The average Bonchev–Trinajstić information content (AvgIpc) is 3.24. The normalized spacial score (nSPS) is 18.5. The lowest BCUT2D eigenvalue weighted by atomic mass is 9.97. The molecule has 0 saturated carbocycles. The van der Waals surface area contributed by atoms with E-state index in [1.807, 2.05) is 30.3 Å². The number of aromatic nitrogens is 2. The van der Waals surface area contributed by atoms with Gasteiger partial charge in [-0.15, -0.1) is 0 Å². The van der Waals surface area contributed by atoms with Crippen molar-refractivity contribution in [3.05, 3.63) is 77.4 Å². The van der Waals surface area contributed by atoms with E-state index in [1.165, 1.54) is 5.56 Å². The number of aliphatic hydroxyl groups excluding tert-OH is 1. The molecule has 1 aliphatic rings. The number of nitrogens with zero attached hydrogens (tertiary/aromatic N) is 3. The molecule has 6 nitrogen and oxygen atoms in total. The van der Waals surface area contributed by atoms with Gasteiger partial charge in [0.1, 0.15) is 5.75 Å². The molecule has 1 saturated heterocycles. The zero-order chi connectivity index (χ0) is 21.3. The van der Waals surface area contributed by atoms with Crippen LogP contribution in [0.1, 0.15) is 34.7 Å². The molecular formula is C23H26N4O2S. The fraction of sp³-hybridized carbons (Fsp3) is 0.304. The van der Waals surface area contributed by atoms with Gasteiger partial charge in [0.05, 0.1) is 31.5 Å². The van der Waals surface area contributed by atoms with Crippen LogP contribution < -0.4 is 10.1 Å². The summed E-state index contributed by atoms with van der Waals surface area (Å²) in [5.74, 6) is 0.830. The number of β-amino-alcohol motifs (C(OH)–C–C–N with tert-alkyl or cyclic N) is 1. The molecule has 3 heterocycles. The Balaban J connectivity index is 1.80. The van der Waals surface area contributed by atoms with Crippen molar-refractivity contribution in [2.75, 3.05) is 20.3 Å². The Morgan fingerprint density at radius 2 is 1.93 bits per heavy atom. The highest BCUT2D eigenvalue weighted by molar-refractivity contribution is 7.80. The van der Waals surface area contributed by atoms with Crippen molar-refractivity contribution in [3.8, 4) is 11.4 Å². The first kappa shape index (κ1) is 20.4. The highest BCUT2D eigenvalue weighted by atomic mass is 32.1. The third-order valence-electron chi connectivity index (χ3n) is 5.66. The van der Waals surface area contributed by atoms with E-state index in [-0.39, 0.29) is 18.7 Å². The van der Waals surface area contributed by atoms with Gasteiger partial charge < -0.3 is 24.6 Å². The predicted octanol–water partition coefficient (Wildman–Crippen LogP) is 3.46. The first-order valence-corrected chi connectivity index (χ1v) is 10.4. The maximum absolute atomic E-state index is 9.66. The van der Waals surface area contributed by atoms with Crippen LogP contribution in [0.15, 0.2) is 54.7 Å². The monoisotopic (exact) mass is 422 g/mol. The molecule has 30 heavy (non-hydrogen) atoms. The van der Waals surface area contributed by atoms with Crippen molar-refractivity contribution < 1.29 is 9.84 Å². The number of aryl methyl sites for hydroxylation is 1. The summed E-state index contributed by atoms with van der Waals surface area (Å²) in [5.41, 5.74) is 5.44. The van der Waals surface area contributed by atoms with E-state index in [1.54, 1.807) is 13.3 Å². The molecule has 4 rings (SSSR count). The van der Waals surface area contributed by atoms with Gasteiger partial charge in [-0.25, -0.2) is 0 Å². The van der Waals surface area contributed by atoms with Crippen molar-refractivity contribution in [2.24, 2.45) is 0 Å². The van der Waals surface area contributed by atoms with E-state index in [9.17, 15) is 5.11 Å². The third-order valence-corrected chi connectivity index (χ3v) is 6.01. The van der Waals surface area contributed by atoms with Crippen LogP contribution in [0.5, 0.6) is 5.75 Å². The SMILES string of the molecule is COc1ccc(-n2c(C)cc([C@@H]3[C@H](c4ccccn4)NC(=S)N3CCO)c2C)cc1. The lowest BCUT2D eigenvalue weighted by Gasteiger charge is -2.27. The summed E-state index contributed by atoms with van der Waals surface area (Å²) in [6.07, 6.45) is 1.80. The van der Waals surface area contributed by atoms with Crippen LogP contribution in [0.4, 0.5) is 0 Å². The highest BCUT2D eigenvalue weighted by Crippen LogP contribution is 2.41. The Morgan fingerprint density at radius 3 is 2.57 bits per heavy atom. The summed E-state index contributed by atoms with van der Waals surface area (Å²) in [7, 11) is 1.67. The van der Waals surface area contributed by atoms with Gasteiger partial charge in [-0.2, -0.15) is 0 Å². The number of pyridine rings is 1. The third kappa shape index (κ3) is 3.55. The standard InChI is InChI=1S/C23H26N4O2S/c1-15-14-19(16(2)27(15)17-7-9-18(29-3)10-8-17)22-21(20-6-4-5-11-24-20)25-23(30)26(22)12-13-28/h4-11,14,21-22,28H,12-13H2,1-3H3,(H,25,30)/t21-,22+/m0/s1. The summed E-state index contributed by atoms with van der Waals surface area (Å²) >= 11 is 5.62. The Kier molecular flexibility index (Phi) is 5.74. The first-order valence-electron chi connectivity index (χ1n) is 9.97. The summed E-state index contributed by atoms with van der Waals surface area (Å²) in [6, 6.07) is 16.0. The second-order valence-corrected chi connectivity index (χ2v) is 7.79. The second kappa shape index (κ2) is 8.45. The highest BCUT2D eigenvalue weighted by Gasteiger charge is 2.41. The molecule has 0 amide bonds. The van der Waals surface area contributed by atoms with Gasteiger partial charge in [0.25, 0.3) is 0 Å². The molecule has 2 atom stereocenters. The molecule has 7 heteroatoms. The maximum Gasteiger partial charge on any atom is 0.170 e. The quantitative estimate of drug-likeness (QED) is 0.593. The minimum Gasteiger partial charge on any atom is -0.497 e. The van der Waals surface area contributed by atoms with Crippen molar-refractivity contribution in [3.63, 3.8) is 0 Å². The number of hydrogen-bond donors (Lipinski definition) is 2. The summed E-state index contributed by atoms with van der Waals surface area (Å²) < 4.78 is 7.54. The van der Waals surface area contributed by atoms with Gasteiger partial charge in [0.2, 0.25) is 0 Å². The maximum atomic E-state index is 9.66. The van der Waals surface area contributed by atoms with Gasteiger partial charge in [-0.05, 0) is 74.1 Å². The molecule has 1 aliphatic heterocycles. The van der Waals surface area contributed by atoms with Crippen LogP contribution in [0.2, 0.25) is 0 Å². The van der Waals surface area contributed by atoms with E-state index in [2.05, 4.69) is 51.8 Å². The lowest BCUT2D eigenvalue weighted by Crippen LogP contribution is -2.32. The zero-order valence-electron chi connectivity index (χ0n) is 17.4. The van der Waals surface area contributed by atoms with Crippen LogP contribution >= 0.6 is 12.2 Å². The number of methoxy groups -OCH3 is 1. The van der Waals surface area contributed by atoms with E-state index in [0.29, 0.717) is 11.7 Å². The molecule has 2 N–H and O–H groups in total.